The molecule has 0 bridgehead atoms. The number of hydrogen-bond donors (Lipinski definition) is 0. The first kappa shape index (κ1) is 16.5. The van der Waals surface area contributed by atoms with Crippen molar-refractivity contribution in [1.82, 2.24) is 0 Å². The predicted octanol–water partition coefficient (Wildman–Crippen LogP) is 5.77. The van der Waals surface area contributed by atoms with E-state index in [9.17, 15) is 0 Å². The number of benzene rings is 5. The molecule has 0 heteroatoms. The third-order valence-electron chi connectivity index (χ3n) is 5.51. The summed E-state index contributed by atoms with van der Waals surface area (Å²) >= 11 is 0. The number of fused-ring (bicyclic) bond motifs is 2. The van der Waals surface area contributed by atoms with E-state index in [1.165, 1.54) is 43.1 Å². The van der Waals surface area contributed by atoms with Gasteiger partial charge in [0.15, 0.2) is 0 Å². The van der Waals surface area contributed by atoms with E-state index in [1.807, 2.05) is 6.07 Å². The Kier molecular flexibility index (Phi) is 3.84. The second kappa shape index (κ2) is 6.51. The average Bonchev–Trinajstić information content (AvgIpc) is 2.75. The summed E-state index contributed by atoms with van der Waals surface area (Å²) in [5.74, 6) is 0. The van der Waals surface area contributed by atoms with Gasteiger partial charge in [0.2, 0.25) is 0 Å². The first-order chi connectivity index (χ1) is 13.7. The van der Waals surface area contributed by atoms with Gasteiger partial charge in [-0.15, -0.1) is 0 Å². The fraction of sp³-hybridized carbons (Fsp3) is 0. The summed E-state index contributed by atoms with van der Waals surface area (Å²) in [6, 6.07) is 34.1. The monoisotopic (exact) mass is 356 g/mol. The standard InChI is InChI=1S/C28H20/c1-19-16-17-22-12-6-8-14-24(22)27(19)28-20(2)26(21-10-4-3-5-11-21)18-23-13-7-9-15-25(23)28/h3-18H,1-2H2. The van der Waals surface area contributed by atoms with Gasteiger partial charge in [-0.05, 0) is 59.6 Å². The number of rotatable bonds is 1. The highest BCUT2D eigenvalue weighted by atomic mass is 14.1. The van der Waals surface area contributed by atoms with Gasteiger partial charge in [-0.3, -0.25) is 0 Å². The van der Waals surface area contributed by atoms with E-state index < -0.39 is 0 Å². The summed E-state index contributed by atoms with van der Waals surface area (Å²) in [6.07, 6.45) is 0. The van der Waals surface area contributed by atoms with E-state index in [0.717, 1.165) is 10.4 Å². The van der Waals surface area contributed by atoms with Crippen LogP contribution in [0.25, 0.3) is 45.8 Å². The maximum absolute atomic E-state index is 4.54. The van der Waals surface area contributed by atoms with Crippen LogP contribution in [0.2, 0.25) is 0 Å². The normalized spacial score (nSPS) is 12.4. The predicted molar refractivity (Wildman–Crippen MR) is 121 cm³/mol. The Morgan fingerprint density at radius 1 is 0.500 bits per heavy atom. The number of hydrogen-bond acceptors (Lipinski definition) is 0. The summed E-state index contributed by atoms with van der Waals surface area (Å²) in [4.78, 5) is 0. The van der Waals surface area contributed by atoms with Crippen LogP contribution < -0.4 is 10.4 Å². The van der Waals surface area contributed by atoms with Crippen molar-refractivity contribution in [2.75, 3.05) is 0 Å². The smallest absolute Gasteiger partial charge is 0.00205 e. The lowest BCUT2D eigenvalue weighted by Crippen LogP contribution is -2.11. The molecule has 0 radical (unpaired) electrons. The third-order valence-corrected chi connectivity index (χ3v) is 5.51. The maximum Gasteiger partial charge on any atom is -0.00205 e. The van der Waals surface area contributed by atoms with Crippen molar-refractivity contribution in [2.24, 2.45) is 0 Å². The Balaban J connectivity index is 2.17. The minimum Gasteiger partial charge on any atom is -0.0911 e. The van der Waals surface area contributed by atoms with E-state index in [4.69, 9.17) is 0 Å². The molecular weight excluding hydrogens is 336 g/mol. The first-order valence-corrected chi connectivity index (χ1v) is 9.51. The quantitative estimate of drug-likeness (QED) is 0.358. The van der Waals surface area contributed by atoms with E-state index in [0.29, 0.717) is 0 Å². The van der Waals surface area contributed by atoms with E-state index >= 15 is 0 Å². The van der Waals surface area contributed by atoms with Crippen molar-refractivity contribution in [2.45, 2.75) is 0 Å². The van der Waals surface area contributed by atoms with E-state index in [2.05, 4.69) is 104 Å². The fourth-order valence-corrected chi connectivity index (χ4v) is 4.16. The zero-order chi connectivity index (χ0) is 19.1. The second-order valence-electron chi connectivity index (χ2n) is 7.19. The summed E-state index contributed by atoms with van der Waals surface area (Å²) in [7, 11) is 0. The molecule has 28 heavy (non-hydrogen) atoms. The molecule has 0 aliphatic rings. The molecule has 0 fully saturated rings. The molecule has 0 heterocycles. The molecule has 0 unspecified atom stereocenters. The molecule has 0 spiro atoms. The lowest BCUT2D eigenvalue weighted by atomic mass is 9.94. The van der Waals surface area contributed by atoms with Crippen LogP contribution in [-0.4, -0.2) is 0 Å². The SMILES string of the molecule is C=c1ccc2ccccc2c1=c1c(=C)c(-c2ccccc2)cc2ccccc12. The zero-order valence-electron chi connectivity index (χ0n) is 15.7. The van der Waals surface area contributed by atoms with Crippen molar-refractivity contribution in [3.63, 3.8) is 0 Å². The Labute approximate surface area is 164 Å². The molecule has 0 nitrogen and oxygen atoms in total. The summed E-state index contributed by atoms with van der Waals surface area (Å²) in [5, 5.41) is 9.30. The zero-order valence-corrected chi connectivity index (χ0v) is 15.7. The van der Waals surface area contributed by atoms with Crippen molar-refractivity contribution in [1.29, 1.82) is 0 Å². The van der Waals surface area contributed by atoms with Gasteiger partial charge in [0.05, 0.1) is 0 Å². The lowest BCUT2D eigenvalue weighted by Gasteiger charge is -2.09. The molecule has 0 aliphatic heterocycles. The third kappa shape index (κ3) is 2.54. The molecule has 0 atom stereocenters. The van der Waals surface area contributed by atoms with Crippen LogP contribution in [0.5, 0.6) is 0 Å². The van der Waals surface area contributed by atoms with Crippen LogP contribution in [0.4, 0.5) is 0 Å². The highest BCUT2D eigenvalue weighted by Gasteiger charge is 2.06. The van der Waals surface area contributed by atoms with Crippen molar-refractivity contribution in [3.05, 3.63) is 118 Å². The van der Waals surface area contributed by atoms with Crippen LogP contribution in [0, 0.1) is 10.4 Å². The first-order valence-electron chi connectivity index (χ1n) is 9.51. The van der Waals surface area contributed by atoms with Gasteiger partial charge in [0.25, 0.3) is 0 Å². The minimum atomic E-state index is 1.03. The van der Waals surface area contributed by atoms with Gasteiger partial charge < -0.3 is 0 Å². The Morgan fingerprint density at radius 3 is 1.86 bits per heavy atom. The maximum atomic E-state index is 4.54. The van der Waals surface area contributed by atoms with Crippen molar-refractivity contribution < 1.29 is 0 Å². The lowest BCUT2D eigenvalue weighted by molar-refractivity contribution is 1.47. The van der Waals surface area contributed by atoms with Gasteiger partial charge in [-0.1, -0.05) is 104 Å². The topological polar surface area (TPSA) is 0 Å². The molecule has 0 aliphatic carbocycles. The van der Waals surface area contributed by atoms with Crippen LogP contribution in [-0.2, 0) is 0 Å². The molecule has 5 rings (SSSR count). The van der Waals surface area contributed by atoms with Gasteiger partial charge in [-0.2, -0.15) is 0 Å². The Morgan fingerprint density at radius 2 is 1.11 bits per heavy atom. The summed E-state index contributed by atoms with van der Waals surface area (Å²) in [6.45, 7) is 8.91. The van der Waals surface area contributed by atoms with Gasteiger partial charge >= 0.3 is 0 Å². The van der Waals surface area contributed by atoms with Crippen LogP contribution in [0.15, 0.2) is 97.1 Å². The highest BCUT2D eigenvalue weighted by molar-refractivity contribution is 5.90. The van der Waals surface area contributed by atoms with Gasteiger partial charge in [-0.25, -0.2) is 0 Å². The minimum absolute atomic E-state index is 1.03. The molecule has 5 aromatic rings. The van der Waals surface area contributed by atoms with Crippen molar-refractivity contribution in [3.8, 4) is 11.1 Å². The average molecular weight is 356 g/mol. The molecule has 0 saturated carbocycles. The van der Waals surface area contributed by atoms with Gasteiger partial charge in [0.1, 0.15) is 0 Å². The molecule has 0 aromatic heterocycles. The molecule has 0 saturated heterocycles. The second-order valence-corrected chi connectivity index (χ2v) is 7.19. The molecular formula is C28H20. The largest absolute Gasteiger partial charge is 0.0911 e. The Bertz CT molecular complexity index is 1530. The van der Waals surface area contributed by atoms with Crippen LogP contribution in [0.1, 0.15) is 0 Å². The van der Waals surface area contributed by atoms with E-state index in [-0.39, 0.29) is 0 Å². The molecule has 0 N–H and O–H groups in total. The van der Waals surface area contributed by atoms with Crippen LogP contribution in [0.3, 0.4) is 0 Å². The molecule has 0 amide bonds. The van der Waals surface area contributed by atoms with E-state index in [1.54, 1.807) is 0 Å². The highest BCUT2D eigenvalue weighted by Crippen LogP contribution is 2.23. The van der Waals surface area contributed by atoms with Crippen LogP contribution >= 0.6 is 0 Å². The van der Waals surface area contributed by atoms with Gasteiger partial charge in [0, 0.05) is 0 Å². The van der Waals surface area contributed by atoms with Crippen molar-refractivity contribution >= 4 is 34.7 Å². The summed E-state index contributed by atoms with van der Waals surface area (Å²) in [5.41, 5.74) is 2.35. The molecule has 132 valence electrons. The molecule has 5 aromatic carbocycles. The fourth-order valence-electron chi connectivity index (χ4n) is 4.16. The Hall–Kier alpha value is -3.64. The summed E-state index contributed by atoms with van der Waals surface area (Å²) < 4.78 is 0.